The van der Waals surface area contributed by atoms with E-state index >= 15 is 0 Å². The minimum absolute atomic E-state index is 0.537. The molecule has 0 aromatic heterocycles. The quantitative estimate of drug-likeness (QED) is 0.570. The van der Waals surface area contributed by atoms with E-state index in [4.69, 9.17) is 11.0 Å². The van der Waals surface area contributed by atoms with E-state index in [2.05, 4.69) is 15.9 Å². The molecule has 0 atom stereocenters. The molecule has 2 N–H and O–H groups in total. The SMILES string of the molecule is N#Cc1ccc(CBr)cc1N. The van der Waals surface area contributed by atoms with Gasteiger partial charge in [-0.05, 0) is 17.7 Å². The first kappa shape index (κ1) is 8.09. The first-order valence-corrected chi connectivity index (χ1v) is 4.24. The van der Waals surface area contributed by atoms with Gasteiger partial charge in [0.1, 0.15) is 6.07 Å². The van der Waals surface area contributed by atoms with Crippen molar-refractivity contribution in [3.8, 4) is 6.07 Å². The van der Waals surface area contributed by atoms with Crippen molar-refractivity contribution in [3.05, 3.63) is 29.3 Å². The summed E-state index contributed by atoms with van der Waals surface area (Å²) in [6, 6.07) is 7.41. The van der Waals surface area contributed by atoms with Crippen LogP contribution in [0.4, 0.5) is 5.69 Å². The van der Waals surface area contributed by atoms with Crippen LogP contribution in [0, 0.1) is 11.3 Å². The molecule has 0 fully saturated rings. The molecule has 3 heteroatoms. The van der Waals surface area contributed by atoms with Crippen LogP contribution in [0.2, 0.25) is 0 Å². The highest BCUT2D eigenvalue weighted by atomic mass is 79.9. The highest BCUT2D eigenvalue weighted by Crippen LogP contribution is 2.14. The molecule has 0 bridgehead atoms. The fourth-order valence-corrected chi connectivity index (χ4v) is 1.15. The third-order valence-corrected chi connectivity index (χ3v) is 2.04. The number of halogens is 1. The molecular weight excluding hydrogens is 204 g/mol. The monoisotopic (exact) mass is 210 g/mol. The molecule has 0 unspecified atom stereocenters. The van der Waals surface area contributed by atoms with Crippen LogP contribution >= 0.6 is 15.9 Å². The van der Waals surface area contributed by atoms with Crippen LogP contribution in [0.1, 0.15) is 11.1 Å². The van der Waals surface area contributed by atoms with Crippen molar-refractivity contribution < 1.29 is 0 Å². The van der Waals surface area contributed by atoms with E-state index in [1.165, 1.54) is 0 Å². The highest BCUT2D eigenvalue weighted by Gasteiger charge is 1.97. The summed E-state index contributed by atoms with van der Waals surface area (Å²) < 4.78 is 0. The van der Waals surface area contributed by atoms with Crippen LogP contribution in [0.3, 0.4) is 0 Å². The first-order chi connectivity index (χ1) is 5.27. The maximum atomic E-state index is 8.54. The van der Waals surface area contributed by atoms with E-state index in [0.29, 0.717) is 11.3 Å². The molecule has 1 aromatic carbocycles. The summed E-state index contributed by atoms with van der Waals surface area (Å²) in [5.74, 6) is 0. The van der Waals surface area contributed by atoms with Gasteiger partial charge in [0.25, 0.3) is 0 Å². The predicted molar refractivity (Wildman–Crippen MR) is 48.2 cm³/mol. The van der Waals surface area contributed by atoms with Crippen molar-refractivity contribution in [2.24, 2.45) is 0 Å². The Morgan fingerprint density at radius 2 is 2.27 bits per heavy atom. The van der Waals surface area contributed by atoms with Gasteiger partial charge in [-0.15, -0.1) is 0 Å². The third kappa shape index (κ3) is 1.72. The topological polar surface area (TPSA) is 49.8 Å². The summed E-state index contributed by atoms with van der Waals surface area (Å²) >= 11 is 3.30. The molecule has 2 nitrogen and oxygen atoms in total. The summed E-state index contributed by atoms with van der Waals surface area (Å²) in [6.45, 7) is 0. The molecule has 0 aliphatic carbocycles. The predicted octanol–water partition coefficient (Wildman–Crippen LogP) is 2.04. The molecular formula is C8H7BrN2. The van der Waals surface area contributed by atoms with Crippen molar-refractivity contribution in [2.45, 2.75) is 5.33 Å². The number of hydrogen-bond acceptors (Lipinski definition) is 2. The summed E-state index contributed by atoms with van der Waals surface area (Å²) in [5.41, 5.74) is 7.73. The Balaban J connectivity index is 3.12. The summed E-state index contributed by atoms with van der Waals surface area (Å²) in [4.78, 5) is 0. The number of nitrogens with two attached hydrogens (primary N) is 1. The first-order valence-electron chi connectivity index (χ1n) is 3.12. The van der Waals surface area contributed by atoms with Gasteiger partial charge < -0.3 is 5.73 Å². The Morgan fingerprint density at radius 1 is 1.55 bits per heavy atom. The van der Waals surface area contributed by atoms with Gasteiger partial charge in [-0.2, -0.15) is 5.26 Å². The zero-order valence-corrected chi connectivity index (χ0v) is 7.43. The molecule has 0 radical (unpaired) electrons. The fraction of sp³-hybridized carbons (Fsp3) is 0.125. The van der Waals surface area contributed by atoms with Crippen LogP contribution in [-0.2, 0) is 5.33 Å². The summed E-state index contributed by atoms with van der Waals surface area (Å²) in [7, 11) is 0. The second-order valence-corrected chi connectivity index (χ2v) is 2.73. The van der Waals surface area contributed by atoms with Crippen LogP contribution < -0.4 is 5.73 Å². The summed E-state index contributed by atoms with van der Waals surface area (Å²) in [6.07, 6.45) is 0. The number of nitrogen functional groups attached to an aromatic ring is 1. The molecule has 0 amide bonds. The molecule has 0 saturated heterocycles. The van der Waals surface area contributed by atoms with E-state index in [9.17, 15) is 0 Å². The highest BCUT2D eigenvalue weighted by molar-refractivity contribution is 9.08. The van der Waals surface area contributed by atoms with Gasteiger partial charge in [-0.3, -0.25) is 0 Å². The van der Waals surface area contributed by atoms with Gasteiger partial charge in [-0.25, -0.2) is 0 Å². The van der Waals surface area contributed by atoms with E-state index in [1.54, 1.807) is 12.1 Å². The number of rotatable bonds is 1. The maximum Gasteiger partial charge on any atom is 0.101 e. The third-order valence-electron chi connectivity index (χ3n) is 1.39. The molecule has 0 heterocycles. The summed E-state index contributed by atoms with van der Waals surface area (Å²) in [5, 5.41) is 9.31. The van der Waals surface area contributed by atoms with Crippen LogP contribution in [0.5, 0.6) is 0 Å². The molecule has 1 rings (SSSR count). The number of alkyl halides is 1. The Hall–Kier alpha value is -1.01. The van der Waals surface area contributed by atoms with Gasteiger partial charge in [-0.1, -0.05) is 22.0 Å². The van der Waals surface area contributed by atoms with Crippen molar-refractivity contribution in [3.63, 3.8) is 0 Å². The van der Waals surface area contributed by atoms with Gasteiger partial charge in [0.05, 0.1) is 5.56 Å². The largest absolute Gasteiger partial charge is 0.398 e. The molecule has 11 heavy (non-hydrogen) atoms. The second kappa shape index (κ2) is 3.40. The maximum absolute atomic E-state index is 8.54. The number of hydrogen-bond donors (Lipinski definition) is 1. The van der Waals surface area contributed by atoms with Gasteiger partial charge >= 0.3 is 0 Å². The average molecular weight is 211 g/mol. The van der Waals surface area contributed by atoms with Crippen molar-refractivity contribution >= 4 is 21.6 Å². The average Bonchev–Trinajstić information content (AvgIpc) is 2.04. The van der Waals surface area contributed by atoms with E-state index in [1.807, 2.05) is 12.1 Å². The minimum atomic E-state index is 0.537. The lowest BCUT2D eigenvalue weighted by molar-refractivity contribution is 1.41. The molecule has 0 aliphatic heterocycles. The standard InChI is InChI=1S/C8H7BrN2/c9-4-6-1-2-7(5-10)8(11)3-6/h1-3H,4,11H2. The Kier molecular flexibility index (Phi) is 2.50. The minimum Gasteiger partial charge on any atom is -0.398 e. The molecule has 56 valence electrons. The van der Waals surface area contributed by atoms with E-state index < -0.39 is 0 Å². The smallest absolute Gasteiger partial charge is 0.101 e. The number of anilines is 1. The molecule has 0 aliphatic rings. The fourth-order valence-electron chi connectivity index (χ4n) is 0.797. The van der Waals surface area contributed by atoms with Gasteiger partial charge in [0, 0.05) is 11.0 Å². The normalized spacial score (nSPS) is 9.09. The van der Waals surface area contributed by atoms with Crippen molar-refractivity contribution in [1.29, 1.82) is 5.26 Å². The van der Waals surface area contributed by atoms with Crippen molar-refractivity contribution in [2.75, 3.05) is 5.73 Å². The Bertz CT molecular complexity index is 301. The second-order valence-electron chi connectivity index (χ2n) is 2.17. The number of benzene rings is 1. The van der Waals surface area contributed by atoms with Crippen LogP contribution in [0.15, 0.2) is 18.2 Å². The molecule has 1 aromatic rings. The van der Waals surface area contributed by atoms with E-state index in [0.717, 1.165) is 10.9 Å². The van der Waals surface area contributed by atoms with Crippen LogP contribution in [0.25, 0.3) is 0 Å². The lowest BCUT2D eigenvalue weighted by Crippen LogP contribution is -1.91. The van der Waals surface area contributed by atoms with Gasteiger partial charge in [0.2, 0.25) is 0 Å². The zero-order valence-electron chi connectivity index (χ0n) is 5.84. The van der Waals surface area contributed by atoms with Gasteiger partial charge in [0.15, 0.2) is 0 Å². The Morgan fingerprint density at radius 3 is 2.73 bits per heavy atom. The Labute approximate surface area is 73.8 Å². The lowest BCUT2D eigenvalue weighted by Gasteiger charge is -1.98. The zero-order chi connectivity index (χ0) is 8.27. The number of nitrogens with zero attached hydrogens (tertiary/aromatic N) is 1. The van der Waals surface area contributed by atoms with Crippen molar-refractivity contribution in [1.82, 2.24) is 0 Å². The van der Waals surface area contributed by atoms with Crippen LogP contribution in [-0.4, -0.2) is 0 Å². The molecule has 0 saturated carbocycles. The molecule has 0 spiro atoms. The van der Waals surface area contributed by atoms with E-state index in [-0.39, 0.29) is 0 Å². The lowest BCUT2D eigenvalue weighted by atomic mass is 10.1. The number of nitriles is 1.